The molecule has 1 aromatic rings. The summed E-state index contributed by atoms with van der Waals surface area (Å²) in [5.74, 6) is -2.74. The predicted octanol–water partition coefficient (Wildman–Crippen LogP) is 1.65. The number of benzene rings is 1. The number of ether oxygens (including phenoxy) is 1. The Morgan fingerprint density at radius 2 is 2.06 bits per heavy atom. The van der Waals surface area contributed by atoms with Crippen LogP contribution in [0.3, 0.4) is 0 Å². The van der Waals surface area contributed by atoms with E-state index < -0.39 is 23.5 Å². The van der Waals surface area contributed by atoms with E-state index in [1.54, 1.807) is 6.92 Å². The van der Waals surface area contributed by atoms with Crippen LogP contribution in [0.5, 0.6) is 0 Å². The van der Waals surface area contributed by atoms with Gasteiger partial charge in [-0.3, -0.25) is 9.59 Å². The molecule has 0 saturated heterocycles. The van der Waals surface area contributed by atoms with Gasteiger partial charge in [0, 0.05) is 6.54 Å². The first kappa shape index (κ1) is 14.1. The van der Waals surface area contributed by atoms with Gasteiger partial charge >= 0.3 is 5.97 Å². The van der Waals surface area contributed by atoms with Crippen LogP contribution in [0.1, 0.15) is 23.7 Å². The number of amides is 1. The maximum atomic E-state index is 13.2. The molecule has 0 aromatic heterocycles. The molecule has 0 spiro atoms. The van der Waals surface area contributed by atoms with Gasteiger partial charge in [-0.1, -0.05) is 0 Å². The summed E-state index contributed by atoms with van der Waals surface area (Å²) in [6, 6.07) is 2.59. The Bertz CT molecular complexity index is 449. The Morgan fingerprint density at radius 3 is 2.72 bits per heavy atom. The summed E-state index contributed by atoms with van der Waals surface area (Å²) in [7, 11) is 0. The fourth-order valence-corrected chi connectivity index (χ4v) is 1.28. The zero-order valence-electron chi connectivity index (χ0n) is 9.83. The summed E-state index contributed by atoms with van der Waals surface area (Å²) in [6.45, 7) is 1.93. The lowest BCUT2D eigenvalue weighted by Crippen LogP contribution is -2.27. The Labute approximate surface area is 103 Å². The first-order valence-corrected chi connectivity index (χ1v) is 5.43. The fraction of sp³-hybridized carbons (Fsp3) is 0.333. The first-order valence-electron chi connectivity index (χ1n) is 5.43. The summed E-state index contributed by atoms with van der Waals surface area (Å²) < 4.78 is 30.7. The van der Waals surface area contributed by atoms with Gasteiger partial charge in [0.2, 0.25) is 0 Å². The maximum Gasteiger partial charge on any atom is 0.307 e. The molecule has 0 unspecified atom stereocenters. The number of carbonyl (C=O) groups is 2. The van der Waals surface area contributed by atoms with Crippen molar-refractivity contribution in [2.75, 3.05) is 13.2 Å². The molecule has 0 heterocycles. The molecule has 0 saturated carbocycles. The fourth-order valence-electron chi connectivity index (χ4n) is 1.28. The van der Waals surface area contributed by atoms with Crippen molar-refractivity contribution in [3.05, 3.63) is 35.4 Å². The number of halogens is 2. The van der Waals surface area contributed by atoms with E-state index in [9.17, 15) is 18.4 Å². The molecule has 6 heteroatoms. The van der Waals surface area contributed by atoms with E-state index in [0.717, 1.165) is 18.2 Å². The van der Waals surface area contributed by atoms with E-state index in [1.807, 2.05) is 0 Å². The van der Waals surface area contributed by atoms with Crippen LogP contribution in [-0.2, 0) is 9.53 Å². The monoisotopic (exact) mass is 257 g/mol. The Hall–Kier alpha value is -1.98. The van der Waals surface area contributed by atoms with Gasteiger partial charge in [0.25, 0.3) is 5.91 Å². The minimum absolute atomic E-state index is 0.00756. The lowest BCUT2D eigenvalue weighted by atomic mass is 10.2. The second-order valence-electron chi connectivity index (χ2n) is 3.44. The van der Waals surface area contributed by atoms with Crippen molar-refractivity contribution >= 4 is 11.9 Å². The number of hydrogen-bond acceptors (Lipinski definition) is 3. The molecule has 0 radical (unpaired) electrons. The Kier molecular flexibility index (Phi) is 5.23. The van der Waals surface area contributed by atoms with Crippen LogP contribution in [0.4, 0.5) is 8.78 Å². The van der Waals surface area contributed by atoms with Gasteiger partial charge in [-0.15, -0.1) is 0 Å². The predicted molar refractivity (Wildman–Crippen MR) is 59.9 cm³/mol. The van der Waals surface area contributed by atoms with Crippen molar-refractivity contribution in [3.8, 4) is 0 Å². The van der Waals surface area contributed by atoms with Crippen molar-refractivity contribution in [1.29, 1.82) is 0 Å². The SMILES string of the molecule is CCOC(=O)CCNC(=O)c1cc(F)ccc1F. The van der Waals surface area contributed by atoms with Crippen LogP contribution in [0.25, 0.3) is 0 Å². The number of carbonyl (C=O) groups excluding carboxylic acids is 2. The third-order valence-corrected chi connectivity index (χ3v) is 2.09. The van der Waals surface area contributed by atoms with Crippen LogP contribution in [0, 0.1) is 11.6 Å². The average molecular weight is 257 g/mol. The molecule has 1 aromatic carbocycles. The van der Waals surface area contributed by atoms with Gasteiger partial charge in [0.1, 0.15) is 11.6 Å². The van der Waals surface area contributed by atoms with E-state index >= 15 is 0 Å². The van der Waals surface area contributed by atoms with Gasteiger partial charge in [-0.25, -0.2) is 8.78 Å². The third-order valence-electron chi connectivity index (χ3n) is 2.09. The minimum Gasteiger partial charge on any atom is -0.466 e. The van der Waals surface area contributed by atoms with Gasteiger partial charge in [0.15, 0.2) is 0 Å². The normalized spacial score (nSPS) is 9.94. The molecule has 1 amide bonds. The second-order valence-corrected chi connectivity index (χ2v) is 3.44. The van der Waals surface area contributed by atoms with Gasteiger partial charge in [-0.05, 0) is 25.1 Å². The quantitative estimate of drug-likeness (QED) is 0.816. The van der Waals surface area contributed by atoms with Crippen molar-refractivity contribution in [2.45, 2.75) is 13.3 Å². The molecular weight excluding hydrogens is 244 g/mol. The zero-order valence-corrected chi connectivity index (χ0v) is 9.83. The minimum atomic E-state index is -0.815. The highest BCUT2D eigenvalue weighted by atomic mass is 19.1. The second kappa shape index (κ2) is 6.68. The molecule has 0 fully saturated rings. The highest BCUT2D eigenvalue weighted by molar-refractivity contribution is 5.94. The van der Waals surface area contributed by atoms with E-state index in [4.69, 9.17) is 0 Å². The van der Waals surface area contributed by atoms with Gasteiger partial charge in [-0.2, -0.15) is 0 Å². The molecule has 0 aliphatic rings. The molecule has 0 atom stereocenters. The summed E-state index contributed by atoms with van der Waals surface area (Å²) in [4.78, 5) is 22.5. The number of esters is 1. The number of hydrogen-bond donors (Lipinski definition) is 1. The molecule has 1 rings (SSSR count). The molecule has 0 aliphatic carbocycles. The molecule has 1 N–H and O–H groups in total. The number of rotatable bonds is 5. The zero-order chi connectivity index (χ0) is 13.5. The van der Waals surface area contributed by atoms with Crippen molar-refractivity contribution in [1.82, 2.24) is 5.32 Å². The highest BCUT2D eigenvalue weighted by Gasteiger charge is 2.12. The van der Waals surface area contributed by atoms with Crippen LogP contribution in [-0.4, -0.2) is 25.0 Å². The lowest BCUT2D eigenvalue weighted by molar-refractivity contribution is -0.142. The molecule has 4 nitrogen and oxygen atoms in total. The van der Waals surface area contributed by atoms with Gasteiger partial charge in [0.05, 0.1) is 18.6 Å². The molecular formula is C12H13F2NO3. The Balaban J connectivity index is 2.50. The molecule has 0 aliphatic heterocycles. The van der Waals surface area contributed by atoms with E-state index in [2.05, 4.69) is 10.1 Å². The first-order chi connectivity index (χ1) is 8.54. The van der Waals surface area contributed by atoms with Crippen molar-refractivity contribution in [3.63, 3.8) is 0 Å². The summed E-state index contributed by atoms with van der Waals surface area (Å²) in [5.41, 5.74) is -0.390. The lowest BCUT2D eigenvalue weighted by Gasteiger charge is -2.06. The summed E-state index contributed by atoms with van der Waals surface area (Å²) in [5, 5.41) is 2.31. The highest BCUT2D eigenvalue weighted by Crippen LogP contribution is 2.09. The molecule has 0 bridgehead atoms. The van der Waals surface area contributed by atoms with Gasteiger partial charge < -0.3 is 10.1 Å². The number of nitrogens with one attached hydrogen (secondary N) is 1. The van der Waals surface area contributed by atoms with Crippen molar-refractivity contribution < 1.29 is 23.1 Å². The molecule has 18 heavy (non-hydrogen) atoms. The van der Waals surface area contributed by atoms with Crippen LogP contribution in [0.15, 0.2) is 18.2 Å². The average Bonchev–Trinajstić information content (AvgIpc) is 2.32. The maximum absolute atomic E-state index is 13.2. The Morgan fingerprint density at radius 1 is 1.33 bits per heavy atom. The molecule has 98 valence electrons. The van der Waals surface area contributed by atoms with Crippen molar-refractivity contribution in [2.24, 2.45) is 0 Å². The van der Waals surface area contributed by atoms with E-state index in [1.165, 1.54) is 0 Å². The van der Waals surface area contributed by atoms with E-state index in [-0.39, 0.29) is 25.1 Å². The van der Waals surface area contributed by atoms with Crippen LogP contribution in [0.2, 0.25) is 0 Å². The smallest absolute Gasteiger partial charge is 0.307 e. The third kappa shape index (κ3) is 4.12. The topological polar surface area (TPSA) is 55.4 Å². The summed E-state index contributed by atoms with van der Waals surface area (Å²) in [6.07, 6.45) is -0.0173. The summed E-state index contributed by atoms with van der Waals surface area (Å²) >= 11 is 0. The standard InChI is InChI=1S/C12H13F2NO3/c1-2-18-11(16)5-6-15-12(17)9-7-8(13)3-4-10(9)14/h3-4,7H,2,5-6H2,1H3,(H,15,17). The largest absolute Gasteiger partial charge is 0.466 e. The van der Waals surface area contributed by atoms with Crippen LogP contribution >= 0.6 is 0 Å². The van der Waals surface area contributed by atoms with E-state index in [0.29, 0.717) is 0 Å². The van der Waals surface area contributed by atoms with Crippen LogP contribution < -0.4 is 5.32 Å².